The highest BCUT2D eigenvalue weighted by Gasteiger charge is 2.29. The third-order valence-corrected chi connectivity index (χ3v) is 5.19. The number of pyridine rings is 2. The van der Waals surface area contributed by atoms with Crippen molar-refractivity contribution < 1.29 is 4.79 Å². The maximum absolute atomic E-state index is 12.8. The molecule has 0 spiro atoms. The standard InChI is InChI=1S/C22H20N6O/c29-22(20-12-15(8-10-24-20)17-4-2-9-23-13-17)26-18-5-1-3-16(11-18)21-27-25-14-28(21)19-6-7-19/h1-2,4-5,8-14,16,19H,3,6-7H2,(H,26,29). The van der Waals surface area contributed by atoms with Gasteiger partial charge in [-0.3, -0.25) is 14.8 Å². The van der Waals surface area contributed by atoms with Crippen LogP contribution in [0.2, 0.25) is 0 Å². The van der Waals surface area contributed by atoms with E-state index in [9.17, 15) is 4.79 Å². The van der Waals surface area contributed by atoms with Crippen LogP contribution in [0.25, 0.3) is 11.1 Å². The average molecular weight is 384 g/mol. The van der Waals surface area contributed by atoms with Gasteiger partial charge in [0.25, 0.3) is 5.91 Å². The first-order valence-corrected chi connectivity index (χ1v) is 9.73. The number of hydrogen-bond donors (Lipinski definition) is 1. The second-order valence-corrected chi connectivity index (χ2v) is 7.32. The molecule has 1 amide bonds. The van der Waals surface area contributed by atoms with Crippen LogP contribution in [0.15, 0.2) is 73.1 Å². The fourth-order valence-electron chi connectivity index (χ4n) is 3.56. The van der Waals surface area contributed by atoms with Crippen molar-refractivity contribution in [3.63, 3.8) is 0 Å². The van der Waals surface area contributed by atoms with Gasteiger partial charge < -0.3 is 9.88 Å². The van der Waals surface area contributed by atoms with E-state index in [1.54, 1.807) is 24.7 Å². The van der Waals surface area contributed by atoms with Crippen molar-refractivity contribution in [2.75, 3.05) is 0 Å². The topological polar surface area (TPSA) is 85.6 Å². The SMILES string of the molecule is O=C(NC1=CC(c2nncn2C2CC2)CC=C1)c1cc(-c2cccnc2)ccn1. The Morgan fingerprint density at radius 1 is 1.17 bits per heavy atom. The van der Waals surface area contributed by atoms with Crippen LogP contribution < -0.4 is 5.32 Å². The minimum Gasteiger partial charge on any atom is -0.321 e. The van der Waals surface area contributed by atoms with E-state index in [4.69, 9.17) is 0 Å². The lowest BCUT2D eigenvalue weighted by Gasteiger charge is -2.17. The molecule has 3 aromatic heterocycles. The molecule has 1 fully saturated rings. The smallest absolute Gasteiger partial charge is 0.274 e. The minimum atomic E-state index is -0.240. The van der Waals surface area contributed by atoms with E-state index in [-0.39, 0.29) is 11.8 Å². The Morgan fingerprint density at radius 2 is 2.10 bits per heavy atom. The summed E-state index contributed by atoms with van der Waals surface area (Å²) in [7, 11) is 0. The van der Waals surface area contributed by atoms with E-state index in [1.165, 1.54) is 12.8 Å². The van der Waals surface area contributed by atoms with E-state index in [2.05, 4.69) is 36.1 Å². The third kappa shape index (κ3) is 3.71. The molecule has 144 valence electrons. The number of aromatic nitrogens is 5. The highest BCUT2D eigenvalue weighted by molar-refractivity contribution is 5.94. The number of carbonyl (C=O) groups is 1. The van der Waals surface area contributed by atoms with Crippen molar-refractivity contribution >= 4 is 5.91 Å². The summed E-state index contributed by atoms with van der Waals surface area (Å²) >= 11 is 0. The predicted molar refractivity (Wildman–Crippen MR) is 108 cm³/mol. The number of rotatable bonds is 5. The minimum absolute atomic E-state index is 0.105. The Morgan fingerprint density at radius 3 is 2.93 bits per heavy atom. The molecule has 3 heterocycles. The third-order valence-electron chi connectivity index (χ3n) is 5.19. The van der Waals surface area contributed by atoms with Crippen molar-refractivity contribution in [1.29, 1.82) is 0 Å². The van der Waals surface area contributed by atoms with Crippen molar-refractivity contribution in [3.05, 3.63) is 84.6 Å². The normalized spacial score (nSPS) is 18.3. The van der Waals surface area contributed by atoms with Gasteiger partial charge in [0.1, 0.15) is 17.8 Å². The molecule has 7 nitrogen and oxygen atoms in total. The van der Waals surface area contributed by atoms with Crippen molar-refractivity contribution in [2.45, 2.75) is 31.2 Å². The van der Waals surface area contributed by atoms with Crippen molar-refractivity contribution in [2.24, 2.45) is 0 Å². The first kappa shape index (κ1) is 17.5. The fraction of sp³-hybridized carbons (Fsp3) is 0.227. The molecule has 29 heavy (non-hydrogen) atoms. The van der Waals surface area contributed by atoms with Crippen LogP contribution in [-0.2, 0) is 0 Å². The summed E-state index contributed by atoms with van der Waals surface area (Å²) in [5.41, 5.74) is 2.97. The van der Waals surface area contributed by atoms with E-state index in [1.807, 2.05) is 36.7 Å². The van der Waals surface area contributed by atoms with Crippen LogP contribution in [0.4, 0.5) is 0 Å². The Balaban J connectivity index is 1.34. The Labute approximate surface area is 168 Å². The number of allylic oxidation sites excluding steroid dienone is 3. The molecule has 1 N–H and O–H groups in total. The molecule has 0 aromatic carbocycles. The highest BCUT2D eigenvalue weighted by atomic mass is 16.1. The summed E-state index contributed by atoms with van der Waals surface area (Å²) in [5.74, 6) is 0.823. The molecule has 0 radical (unpaired) electrons. The number of amides is 1. The molecule has 2 aliphatic carbocycles. The number of carbonyl (C=O) groups excluding carboxylic acids is 1. The van der Waals surface area contributed by atoms with Crippen LogP contribution in [0.3, 0.4) is 0 Å². The second kappa shape index (κ2) is 7.43. The Kier molecular flexibility index (Phi) is 4.48. The zero-order chi connectivity index (χ0) is 19.6. The molecule has 2 aliphatic rings. The molecular weight excluding hydrogens is 364 g/mol. The predicted octanol–water partition coefficient (Wildman–Crippen LogP) is 3.43. The van der Waals surface area contributed by atoms with E-state index in [0.29, 0.717) is 11.7 Å². The van der Waals surface area contributed by atoms with Gasteiger partial charge in [-0.1, -0.05) is 12.1 Å². The number of nitrogens with zero attached hydrogens (tertiary/aromatic N) is 5. The summed E-state index contributed by atoms with van der Waals surface area (Å²) in [5, 5.41) is 11.4. The maximum Gasteiger partial charge on any atom is 0.274 e. The van der Waals surface area contributed by atoms with Gasteiger partial charge in [0.2, 0.25) is 0 Å². The van der Waals surface area contributed by atoms with Crippen LogP contribution >= 0.6 is 0 Å². The molecule has 1 saturated carbocycles. The van der Waals surface area contributed by atoms with Gasteiger partial charge in [-0.15, -0.1) is 10.2 Å². The number of hydrogen-bond acceptors (Lipinski definition) is 5. The number of nitrogens with one attached hydrogen (secondary N) is 1. The summed E-state index contributed by atoms with van der Waals surface area (Å²) in [4.78, 5) is 21.1. The van der Waals surface area contributed by atoms with Crippen molar-refractivity contribution in [3.8, 4) is 11.1 Å². The molecule has 3 aromatic rings. The van der Waals surface area contributed by atoms with Crippen LogP contribution in [0.1, 0.15) is 47.5 Å². The lowest BCUT2D eigenvalue weighted by Crippen LogP contribution is -2.24. The average Bonchev–Trinajstić information content (AvgIpc) is 3.50. The summed E-state index contributed by atoms with van der Waals surface area (Å²) in [6.07, 6.45) is 16.2. The van der Waals surface area contributed by atoms with E-state index in [0.717, 1.165) is 29.1 Å². The lowest BCUT2D eigenvalue weighted by molar-refractivity contribution is 0.0962. The first-order valence-electron chi connectivity index (χ1n) is 9.73. The molecule has 1 atom stereocenters. The Hall–Kier alpha value is -3.61. The highest BCUT2D eigenvalue weighted by Crippen LogP contribution is 2.38. The molecule has 7 heteroatoms. The first-order chi connectivity index (χ1) is 14.3. The van der Waals surface area contributed by atoms with Gasteiger partial charge in [-0.05, 0) is 55.2 Å². The summed E-state index contributed by atoms with van der Waals surface area (Å²) in [6, 6.07) is 8.00. The fourth-order valence-corrected chi connectivity index (χ4v) is 3.56. The van der Waals surface area contributed by atoms with Gasteiger partial charge in [0, 0.05) is 41.8 Å². The van der Waals surface area contributed by atoms with Crippen molar-refractivity contribution in [1.82, 2.24) is 30.0 Å². The monoisotopic (exact) mass is 384 g/mol. The van der Waals surface area contributed by atoms with Gasteiger partial charge in [-0.2, -0.15) is 0 Å². The summed E-state index contributed by atoms with van der Waals surface area (Å²) < 4.78 is 2.17. The van der Waals surface area contributed by atoms with Crippen LogP contribution in [-0.4, -0.2) is 30.6 Å². The zero-order valence-corrected chi connectivity index (χ0v) is 15.8. The second-order valence-electron chi connectivity index (χ2n) is 7.32. The van der Waals surface area contributed by atoms with Gasteiger partial charge in [0.05, 0.1) is 0 Å². The van der Waals surface area contributed by atoms with Crippen LogP contribution in [0.5, 0.6) is 0 Å². The maximum atomic E-state index is 12.8. The Bertz CT molecular complexity index is 1100. The molecular formula is C22H20N6O. The quantitative estimate of drug-likeness (QED) is 0.728. The largest absolute Gasteiger partial charge is 0.321 e. The molecule has 5 rings (SSSR count). The van der Waals surface area contributed by atoms with E-state index < -0.39 is 0 Å². The molecule has 0 bridgehead atoms. The van der Waals surface area contributed by atoms with Crippen LogP contribution in [0, 0.1) is 0 Å². The van der Waals surface area contributed by atoms with Gasteiger partial charge in [0.15, 0.2) is 0 Å². The lowest BCUT2D eigenvalue weighted by atomic mass is 9.98. The molecule has 0 saturated heterocycles. The molecule has 0 aliphatic heterocycles. The zero-order valence-electron chi connectivity index (χ0n) is 15.8. The molecule has 1 unspecified atom stereocenters. The van der Waals surface area contributed by atoms with E-state index >= 15 is 0 Å². The summed E-state index contributed by atoms with van der Waals surface area (Å²) in [6.45, 7) is 0. The van der Waals surface area contributed by atoms with Gasteiger partial charge >= 0.3 is 0 Å². The van der Waals surface area contributed by atoms with Gasteiger partial charge in [-0.25, -0.2) is 0 Å².